The molecule has 0 unspecified atom stereocenters. The first-order valence-electron chi connectivity index (χ1n) is 6.13. The zero-order valence-corrected chi connectivity index (χ0v) is 10.8. The topological polar surface area (TPSA) is 106 Å². The summed E-state index contributed by atoms with van der Waals surface area (Å²) in [5.74, 6) is -1.62. The van der Waals surface area contributed by atoms with Gasteiger partial charge >= 0.3 is 11.7 Å². The number of benzene rings is 1. The highest BCUT2D eigenvalue weighted by atomic mass is 16.4. The molecule has 2 heterocycles. The minimum absolute atomic E-state index is 0.0496. The molecule has 3 rings (SSSR count). The molecule has 2 aromatic heterocycles. The molecule has 3 aromatic rings. The van der Waals surface area contributed by atoms with E-state index < -0.39 is 11.7 Å². The van der Waals surface area contributed by atoms with Crippen molar-refractivity contribution >= 4 is 17.1 Å². The summed E-state index contributed by atoms with van der Waals surface area (Å²) in [6, 6.07) is 7.71. The normalized spacial score (nSPS) is 11.1. The standard InChI is InChI=1S/C14H11NO6/c16-7-8-1-3-11-10(5-8)15(14(19)21-11)6-9-2-4-12(20-9)13(17)18/h1-5,16H,6-7H2,(H,17,18). The van der Waals surface area contributed by atoms with E-state index in [1.165, 1.54) is 16.7 Å². The number of carboxylic acid groups (broad SMARTS) is 1. The molecule has 0 saturated carbocycles. The van der Waals surface area contributed by atoms with Crippen molar-refractivity contribution < 1.29 is 23.8 Å². The molecule has 0 aliphatic carbocycles. The number of rotatable bonds is 4. The van der Waals surface area contributed by atoms with Crippen LogP contribution in [0, 0.1) is 0 Å². The number of carbonyl (C=O) groups is 1. The van der Waals surface area contributed by atoms with Crippen LogP contribution in [0.1, 0.15) is 21.9 Å². The number of hydrogen-bond acceptors (Lipinski definition) is 5. The van der Waals surface area contributed by atoms with Gasteiger partial charge in [-0.25, -0.2) is 9.59 Å². The third kappa shape index (κ3) is 2.34. The maximum absolute atomic E-state index is 11.9. The van der Waals surface area contributed by atoms with E-state index in [1.54, 1.807) is 18.2 Å². The van der Waals surface area contributed by atoms with Gasteiger partial charge in [-0.3, -0.25) is 4.57 Å². The molecule has 0 aliphatic heterocycles. The van der Waals surface area contributed by atoms with E-state index in [1.807, 2.05) is 0 Å². The Kier molecular flexibility index (Phi) is 3.11. The second kappa shape index (κ2) is 4.95. The molecule has 0 atom stereocenters. The van der Waals surface area contributed by atoms with E-state index in [-0.39, 0.29) is 18.9 Å². The number of carboxylic acids is 1. The fourth-order valence-electron chi connectivity index (χ4n) is 2.09. The molecule has 2 N–H and O–H groups in total. The maximum Gasteiger partial charge on any atom is 0.420 e. The summed E-state index contributed by atoms with van der Waals surface area (Å²) in [7, 11) is 0. The molecule has 0 radical (unpaired) electrons. The highest BCUT2D eigenvalue weighted by Crippen LogP contribution is 2.17. The summed E-state index contributed by atoms with van der Waals surface area (Å²) >= 11 is 0. The van der Waals surface area contributed by atoms with Gasteiger partial charge in [-0.05, 0) is 29.8 Å². The number of furan rings is 1. The van der Waals surface area contributed by atoms with Crippen LogP contribution in [0.25, 0.3) is 11.1 Å². The van der Waals surface area contributed by atoms with Gasteiger partial charge in [-0.15, -0.1) is 0 Å². The van der Waals surface area contributed by atoms with Gasteiger partial charge < -0.3 is 19.0 Å². The first-order chi connectivity index (χ1) is 10.1. The quantitative estimate of drug-likeness (QED) is 0.752. The molecule has 1 aromatic carbocycles. The van der Waals surface area contributed by atoms with Crippen LogP contribution < -0.4 is 5.76 Å². The molecular formula is C14H11NO6. The van der Waals surface area contributed by atoms with Crippen molar-refractivity contribution in [2.45, 2.75) is 13.2 Å². The van der Waals surface area contributed by atoms with Crippen molar-refractivity contribution in [3.63, 3.8) is 0 Å². The molecular weight excluding hydrogens is 278 g/mol. The van der Waals surface area contributed by atoms with Crippen molar-refractivity contribution in [1.29, 1.82) is 0 Å². The van der Waals surface area contributed by atoms with Gasteiger partial charge in [0, 0.05) is 0 Å². The van der Waals surface area contributed by atoms with Gasteiger partial charge in [-0.1, -0.05) is 6.07 Å². The zero-order chi connectivity index (χ0) is 15.0. The number of fused-ring (bicyclic) bond motifs is 1. The van der Waals surface area contributed by atoms with Crippen LogP contribution in [-0.4, -0.2) is 20.7 Å². The number of aromatic carboxylic acids is 1. The molecule has 108 valence electrons. The molecule has 7 nitrogen and oxygen atoms in total. The first kappa shape index (κ1) is 13.2. The molecule has 0 bridgehead atoms. The van der Waals surface area contributed by atoms with Gasteiger partial charge in [-0.2, -0.15) is 0 Å². The predicted octanol–water partition coefficient (Wildman–Crippen LogP) is 1.43. The molecule has 0 fully saturated rings. The van der Waals surface area contributed by atoms with E-state index >= 15 is 0 Å². The summed E-state index contributed by atoms with van der Waals surface area (Å²) in [4.78, 5) is 22.6. The van der Waals surface area contributed by atoms with Crippen molar-refractivity contribution in [3.8, 4) is 0 Å². The van der Waals surface area contributed by atoms with Crippen LogP contribution in [0.5, 0.6) is 0 Å². The monoisotopic (exact) mass is 289 g/mol. The molecule has 0 amide bonds. The van der Waals surface area contributed by atoms with E-state index in [9.17, 15) is 9.59 Å². The van der Waals surface area contributed by atoms with Crippen molar-refractivity contribution in [1.82, 2.24) is 4.57 Å². The Balaban J connectivity index is 2.04. The molecule has 0 saturated heterocycles. The summed E-state index contributed by atoms with van der Waals surface area (Å²) in [5.41, 5.74) is 1.55. The van der Waals surface area contributed by atoms with Crippen LogP contribution in [0.3, 0.4) is 0 Å². The van der Waals surface area contributed by atoms with E-state index in [4.69, 9.17) is 19.0 Å². The van der Waals surface area contributed by atoms with Crippen LogP contribution in [0.2, 0.25) is 0 Å². The van der Waals surface area contributed by atoms with E-state index in [2.05, 4.69) is 0 Å². The largest absolute Gasteiger partial charge is 0.475 e. The Morgan fingerprint density at radius 1 is 1.19 bits per heavy atom. The highest BCUT2D eigenvalue weighted by Gasteiger charge is 2.14. The molecule has 21 heavy (non-hydrogen) atoms. The lowest BCUT2D eigenvalue weighted by atomic mass is 10.2. The zero-order valence-electron chi connectivity index (χ0n) is 10.8. The minimum atomic E-state index is -1.17. The van der Waals surface area contributed by atoms with Crippen molar-refractivity contribution in [2.24, 2.45) is 0 Å². The Bertz CT molecular complexity index is 869. The van der Waals surface area contributed by atoms with Gasteiger partial charge in [0.15, 0.2) is 5.58 Å². The second-order valence-electron chi connectivity index (χ2n) is 4.49. The Hall–Kier alpha value is -2.80. The number of nitrogens with zero attached hydrogens (tertiary/aromatic N) is 1. The highest BCUT2D eigenvalue weighted by molar-refractivity contribution is 5.84. The van der Waals surface area contributed by atoms with Gasteiger partial charge in [0.05, 0.1) is 18.7 Å². The van der Waals surface area contributed by atoms with Gasteiger partial charge in [0.25, 0.3) is 0 Å². The van der Waals surface area contributed by atoms with E-state index in [0.717, 1.165) is 0 Å². The molecule has 7 heteroatoms. The molecule has 0 spiro atoms. The average Bonchev–Trinajstić information content (AvgIpc) is 3.05. The fraction of sp³-hybridized carbons (Fsp3) is 0.143. The number of hydrogen-bond donors (Lipinski definition) is 2. The summed E-state index contributed by atoms with van der Waals surface area (Å²) in [6.07, 6.45) is 0. The van der Waals surface area contributed by atoms with E-state index in [0.29, 0.717) is 22.4 Å². The van der Waals surface area contributed by atoms with Crippen LogP contribution in [0.4, 0.5) is 0 Å². The summed E-state index contributed by atoms with van der Waals surface area (Å²) in [5, 5.41) is 18.0. The lowest BCUT2D eigenvalue weighted by Crippen LogP contribution is -2.14. The van der Waals surface area contributed by atoms with Crippen LogP contribution >= 0.6 is 0 Å². The number of aliphatic hydroxyl groups is 1. The maximum atomic E-state index is 11.9. The number of oxazole rings is 1. The van der Waals surface area contributed by atoms with Gasteiger partial charge in [0.2, 0.25) is 5.76 Å². The Morgan fingerprint density at radius 2 is 2.00 bits per heavy atom. The van der Waals surface area contributed by atoms with Crippen LogP contribution in [-0.2, 0) is 13.2 Å². The summed E-state index contributed by atoms with van der Waals surface area (Å²) in [6.45, 7) is -0.104. The number of aromatic nitrogens is 1. The molecule has 0 aliphatic rings. The van der Waals surface area contributed by atoms with Crippen molar-refractivity contribution in [2.75, 3.05) is 0 Å². The first-order valence-corrected chi connectivity index (χ1v) is 6.13. The third-order valence-corrected chi connectivity index (χ3v) is 3.10. The lowest BCUT2D eigenvalue weighted by Gasteiger charge is -2.00. The fourth-order valence-corrected chi connectivity index (χ4v) is 2.09. The number of aliphatic hydroxyl groups excluding tert-OH is 1. The minimum Gasteiger partial charge on any atom is -0.475 e. The Morgan fingerprint density at radius 3 is 2.67 bits per heavy atom. The van der Waals surface area contributed by atoms with Crippen LogP contribution in [0.15, 0.2) is 44.0 Å². The van der Waals surface area contributed by atoms with Gasteiger partial charge in [0.1, 0.15) is 5.76 Å². The summed E-state index contributed by atoms with van der Waals surface area (Å²) < 4.78 is 11.5. The average molecular weight is 289 g/mol. The third-order valence-electron chi connectivity index (χ3n) is 3.10. The SMILES string of the molecule is O=C(O)c1ccc(Cn2c(=O)oc3ccc(CO)cc32)o1. The lowest BCUT2D eigenvalue weighted by molar-refractivity contribution is 0.0660. The smallest absolute Gasteiger partial charge is 0.420 e. The van der Waals surface area contributed by atoms with Crippen molar-refractivity contribution in [3.05, 3.63) is 58.0 Å². The second-order valence-corrected chi connectivity index (χ2v) is 4.49. The Labute approximate surface area is 117 Å². The predicted molar refractivity (Wildman–Crippen MR) is 71.2 cm³/mol.